The molecule has 2 aliphatic heterocycles. The fraction of sp³-hybridized carbons (Fsp3) is 0.667. The molecule has 0 radical (unpaired) electrons. The van der Waals surface area contributed by atoms with Crippen molar-refractivity contribution in [3.05, 3.63) is 34.5 Å². The molecular weight excluding hydrogens is 614 g/mol. The highest BCUT2D eigenvalue weighted by Crippen LogP contribution is 2.38. The molecular formula is C36H56ClN7O3. The van der Waals surface area contributed by atoms with E-state index in [-0.39, 0.29) is 29.8 Å². The van der Waals surface area contributed by atoms with Crippen LogP contribution in [-0.4, -0.2) is 67.2 Å². The van der Waals surface area contributed by atoms with Crippen LogP contribution in [0.5, 0.6) is 5.75 Å². The topological polar surface area (TPSA) is 121 Å². The van der Waals surface area contributed by atoms with E-state index in [9.17, 15) is 9.59 Å². The van der Waals surface area contributed by atoms with Gasteiger partial charge >= 0.3 is 0 Å². The van der Waals surface area contributed by atoms with Gasteiger partial charge in [-0.25, -0.2) is 4.98 Å². The van der Waals surface area contributed by atoms with Crippen molar-refractivity contribution in [3.8, 4) is 5.75 Å². The number of halogens is 1. The zero-order valence-corrected chi connectivity index (χ0v) is 29.8. The fourth-order valence-electron chi connectivity index (χ4n) is 6.75. The number of aromatic nitrogens is 2. The number of hydrogen-bond donors (Lipinski definition) is 4. The van der Waals surface area contributed by atoms with Crippen LogP contribution in [0.25, 0.3) is 0 Å². The molecule has 47 heavy (non-hydrogen) atoms. The van der Waals surface area contributed by atoms with Gasteiger partial charge in [0, 0.05) is 39.0 Å². The van der Waals surface area contributed by atoms with Gasteiger partial charge in [0.15, 0.2) is 5.82 Å². The Balaban J connectivity index is 1.56. The molecule has 4 N–H and O–H groups in total. The van der Waals surface area contributed by atoms with Crippen LogP contribution in [0.1, 0.15) is 103 Å². The normalized spacial score (nSPS) is 18.7. The van der Waals surface area contributed by atoms with Gasteiger partial charge in [0.2, 0.25) is 17.8 Å². The average Bonchev–Trinajstić information content (AvgIpc) is 3.03. The lowest BCUT2D eigenvalue weighted by Crippen LogP contribution is -2.44. The predicted molar refractivity (Wildman–Crippen MR) is 191 cm³/mol. The summed E-state index contributed by atoms with van der Waals surface area (Å²) in [5.74, 6) is 2.53. The van der Waals surface area contributed by atoms with E-state index >= 15 is 0 Å². The van der Waals surface area contributed by atoms with Crippen molar-refractivity contribution >= 4 is 40.9 Å². The van der Waals surface area contributed by atoms with Crippen LogP contribution in [0.4, 0.5) is 17.5 Å². The molecule has 260 valence electrons. The lowest BCUT2D eigenvalue weighted by molar-refractivity contribution is -0.122. The summed E-state index contributed by atoms with van der Waals surface area (Å²) in [5.41, 5.74) is 3.35. The maximum atomic E-state index is 12.8. The second-order valence-corrected chi connectivity index (χ2v) is 14.0. The van der Waals surface area contributed by atoms with Crippen molar-refractivity contribution < 1.29 is 14.3 Å². The summed E-state index contributed by atoms with van der Waals surface area (Å²) < 4.78 is 6.30. The van der Waals surface area contributed by atoms with E-state index in [1.807, 2.05) is 13.8 Å². The number of hydrogen-bond acceptors (Lipinski definition) is 8. The SMILES string of the molecule is CCCCNC(=O)C[C@@H]1C[C@H](CC(=O)NCCCC)CN(c2nc(Nc3cc(C)c(C4CCNCC4)cc3OC(C)C)ncc2Cl)C1. The molecule has 3 heterocycles. The van der Waals surface area contributed by atoms with E-state index in [0.29, 0.717) is 61.7 Å². The molecule has 0 bridgehead atoms. The molecule has 0 spiro atoms. The van der Waals surface area contributed by atoms with Crippen molar-refractivity contribution in [2.75, 3.05) is 49.5 Å². The number of piperidine rings is 2. The molecule has 2 atom stereocenters. The monoisotopic (exact) mass is 669 g/mol. The van der Waals surface area contributed by atoms with Gasteiger partial charge < -0.3 is 30.9 Å². The van der Waals surface area contributed by atoms with Crippen LogP contribution >= 0.6 is 11.6 Å². The van der Waals surface area contributed by atoms with E-state index in [1.165, 1.54) is 11.1 Å². The first-order valence-corrected chi connectivity index (χ1v) is 18.1. The van der Waals surface area contributed by atoms with Crippen LogP contribution in [-0.2, 0) is 9.59 Å². The van der Waals surface area contributed by atoms with E-state index in [0.717, 1.165) is 69.5 Å². The number of carbonyl (C=O) groups excluding carboxylic acids is 2. The summed E-state index contributed by atoms with van der Waals surface area (Å²) in [6.45, 7) is 15.1. The van der Waals surface area contributed by atoms with Gasteiger partial charge in [-0.1, -0.05) is 38.3 Å². The summed E-state index contributed by atoms with van der Waals surface area (Å²) in [6.07, 6.45) is 9.42. The van der Waals surface area contributed by atoms with Crippen molar-refractivity contribution in [3.63, 3.8) is 0 Å². The Labute approximate surface area is 286 Å². The number of nitrogens with one attached hydrogen (secondary N) is 4. The number of anilines is 3. The van der Waals surface area contributed by atoms with Gasteiger partial charge in [0.1, 0.15) is 10.8 Å². The van der Waals surface area contributed by atoms with Gasteiger partial charge in [-0.05, 0) is 107 Å². The van der Waals surface area contributed by atoms with E-state index in [1.54, 1.807) is 6.20 Å². The molecule has 11 heteroatoms. The first-order chi connectivity index (χ1) is 22.7. The minimum atomic E-state index is 0.00129. The van der Waals surface area contributed by atoms with Gasteiger partial charge in [0.05, 0.1) is 18.0 Å². The quantitative estimate of drug-likeness (QED) is 0.150. The Morgan fingerprint density at radius 3 is 2.21 bits per heavy atom. The molecule has 1 aromatic heterocycles. The summed E-state index contributed by atoms with van der Waals surface area (Å²) in [7, 11) is 0. The second-order valence-electron chi connectivity index (χ2n) is 13.6. The number of amides is 2. The first-order valence-electron chi connectivity index (χ1n) is 17.8. The third-order valence-electron chi connectivity index (χ3n) is 9.06. The minimum Gasteiger partial charge on any atom is -0.489 e. The third-order valence-corrected chi connectivity index (χ3v) is 9.33. The molecule has 2 saturated heterocycles. The number of unbranched alkanes of at least 4 members (excludes halogenated alkanes) is 2. The van der Waals surface area contributed by atoms with Crippen LogP contribution in [0.2, 0.25) is 5.02 Å². The van der Waals surface area contributed by atoms with Gasteiger partial charge in [-0.3, -0.25) is 9.59 Å². The summed E-state index contributed by atoms with van der Waals surface area (Å²) in [6, 6.07) is 4.31. The number of benzene rings is 1. The average molecular weight is 670 g/mol. The molecule has 1 aromatic carbocycles. The Hall–Kier alpha value is -3.11. The highest BCUT2D eigenvalue weighted by atomic mass is 35.5. The van der Waals surface area contributed by atoms with Crippen molar-refractivity contribution in [1.82, 2.24) is 25.9 Å². The molecule has 2 aromatic rings. The second kappa shape index (κ2) is 18.4. The molecule has 2 fully saturated rings. The van der Waals surface area contributed by atoms with E-state index in [4.69, 9.17) is 21.3 Å². The van der Waals surface area contributed by atoms with Crippen molar-refractivity contribution in [2.24, 2.45) is 11.8 Å². The Kier molecular flexibility index (Phi) is 14.4. The maximum Gasteiger partial charge on any atom is 0.229 e. The lowest BCUT2D eigenvalue weighted by Gasteiger charge is -2.38. The van der Waals surface area contributed by atoms with Crippen LogP contribution in [0, 0.1) is 18.8 Å². The van der Waals surface area contributed by atoms with Crippen LogP contribution in [0.3, 0.4) is 0 Å². The highest BCUT2D eigenvalue weighted by molar-refractivity contribution is 6.32. The van der Waals surface area contributed by atoms with Gasteiger partial charge in [-0.2, -0.15) is 4.98 Å². The zero-order valence-electron chi connectivity index (χ0n) is 29.1. The third kappa shape index (κ3) is 11.2. The molecule has 2 aliphatic rings. The molecule has 10 nitrogen and oxygen atoms in total. The maximum absolute atomic E-state index is 12.8. The standard InChI is InChI=1S/C36H56ClN7O3/c1-6-8-12-39-33(45)18-26-17-27(19-34(46)40-13-9-7-2)23-44(22-26)35-30(37)21-41-36(43-35)42-31-16-25(5)29(20-32(31)47-24(3)4)28-10-14-38-15-11-28/h16,20-21,24,26-28,38H,6-15,17-19,22-23H2,1-5H3,(H,39,45)(H,40,46)(H,41,42,43)/t26-,27+. The van der Waals surface area contributed by atoms with Crippen LogP contribution in [0.15, 0.2) is 18.3 Å². The molecule has 0 unspecified atom stereocenters. The van der Waals surface area contributed by atoms with E-state index in [2.05, 4.69) is 64.1 Å². The summed E-state index contributed by atoms with van der Waals surface area (Å²) in [4.78, 5) is 37.2. The lowest BCUT2D eigenvalue weighted by atomic mass is 9.85. The predicted octanol–water partition coefficient (Wildman–Crippen LogP) is 6.49. The zero-order chi connectivity index (χ0) is 33.8. The molecule has 0 aliphatic carbocycles. The minimum absolute atomic E-state index is 0.00129. The van der Waals surface area contributed by atoms with Gasteiger partial charge in [-0.15, -0.1) is 0 Å². The molecule has 4 rings (SSSR count). The number of aryl methyl sites for hydroxylation is 1. The number of rotatable bonds is 16. The smallest absolute Gasteiger partial charge is 0.229 e. The largest absolute Gasteiger partial charge is 0.489 e. The Morgan fingerprint density at radius 2 is 1.64 bits per heavy atom. The molecule has 2 amide bonds. The number of ether oxygens (including phenoxy) is 1. The van der Waals surface area contributed by atoms with Crippen molar-refractivity contribution in [1.29, 1.82) is 0 Å². The number of nitrogens with zero attached hydrogens (tertiary/aromatic N) is 3. The van der Waals surface area contributed by atoms with Crippen molar-refractivity contribution in [2.45, 2.75) is 104 Å². The van der Waals surface area contributed by atoms with E-state index < -0.39 is 0 Å². The van der Waals surface area contributed by atoms with Crippen LogP contribution < -0.4 is 30.9 Å². The Bertz CT molecular complexity index is 1290. The summed E-state index contributed by atoms with van der Waals surface area (Å²) in [5, 5.41) is 13.4. The number of carbonyl (C=O) groups is 2. The highest BCUT2D eigenvalue weighted by Gasteiger charge is 2.32. The molecule has 0 saturated carbocycles. The summed E-state index contributed by atoms with van der Waals surface area (Å²) >= 11 is 6.76. The first kappa shape index (κ1) is 36.7. The van der Waals surface area contributed by atoms with Gasteiger partial charge in [0.25, 0.3) is 0 Å². The fourth-order valence-corrected chi connectivity index (χ4v) is 6.96. The Morgan fingerprint density at radius 1 is 1.02 bits per heavy atom.